The molecule has 0 N–H and O–H groups in total. The largest absolute Gasteiger partial charge is 0.361 e. The first-order valence-corrected chi connectivity index (χ1v) is 7.28. The predicted octanol–water partition coefficient (Wildman–Crippen LogP) is 2.36. The molecule has 0 radical (unpaired) electrons. The van der Waals surface area contributed by atoms with Gasteiger partial charge in [0, 0.05) is 13.1 Å². The van der Waals surface area contributed by atoms with Crippen LogP contribution in [0.5, 0.6) is 0 Å². The molecule has 20 heavy (non-hydrogen) atoms. The van der Waals surface area contributed by atoms with Crippen LogP contribution < -0.4 is 0 Å². The Morgan fingerprint density at radius 1 is 1.30 bits per heavy atom. The maximum atomic E-state index is 6.25. The van der Waals surface area contributed by atoms with Gasteiger partial charge in [0.05, 0.1) is 6.10 Å². The Morgan fingerprint density at radius 2 is 1.95 bits per heavy atom. The molecular weight excluding hydrogens is 254 g/mol. The molecule has 2 heterocycles. The number of rotatable bonds is 4. The first-order valence-electron chi connectivity index (χ1n) is 7.28. The Labute approximate surface area is 122 Å². The number of likely N-dealkylation sites (N-methyl/N-ethyl adjacent to an activating group) is 1. The van der Waals surface area contributed by atoms with Gasteiger partial charge in [-0.15, -0.1) is 0 Å². The van der Waals surface area contributed by atoms with E-state index in [4.69, 9.17) is 14.2 Å². The van der Waals surface area contributed by atoms with Crippen LogP contribution in [0.3, 0.4) is 0 Å². The Bertz CT molecular complexity index is 372. The topological polar surface area (TPSA) is 30.9 Å². The summed E-state index contributed by atoms with van der Waals surface area (Å²) in [7, 11) is 2.11. The van der Waals surface area contributed by atoms with Crippen molar-refractivity contribution >= 4 is 0 Å². The summed E-state index contributed by atoms with van der Waals surface area (Å²) in [6, 6.07) is 0. The van der Waals surface area contributed by atoms with E-state index in [0.717, 1.165) is 19.5 Å². The Hall–Kier alpha value is -0.680. The average molecular weight is 281 g/mol. The van der Waals surface area contributed by atoms with Crippen LogP contribution in [0.25, 0.3) is 0 Å². The van der Waals surface area contributed by atoms with E-state index in [1.807, 2.05) is 20.8 Å². The lowest BCUT2D eigenvalue weighted by molar-refractivity contribution is -0.169. The lowest BCUT2D eigenvalue weighted by Gasteiger charge is -2.32. The number of nitrogens with zero attached hydrogens (tertiary/aromatic N) is 1. The first-order chi connectivity index (χ1) is 9.28. The normalized spacial score (nSPS) is 34.3. The number of fused-ring (bicyclic) bond motifs is 1. The van der Waals surface area contributed by atoms with Gasteiger partial charge < -0.3 is 19.1 Å². The van der Waals surface area contributed by atoms with Gasteiger partial charge in [0.15, 0.2) is 5.79 Å². The van der Waals surface area contributed by atoms with Crippen molar-refractivity contribution in [2.75, 3.05) is 20.1 Å². The molecular formula is C16H27NO3. The number of hydrogen-bond acceptors (Lipinski definition) is 4. The highest BCUT2D eigenvalue weighted by Crippen LogP contribution is 2.35. The molecule has 2 saturated heterocycles. The van der Waals surface area contributed by atoms with Crippen molar-refractivity contribution in [2.24, 2.45) is 0 Å². The van der Waals surface area contributed by atoms with Crippen molar-refractivity contribution in [3.8, 4) is 0 Å². The van der Waals surface area contributed by atoms with E-state index in [1.165, 1.54) is 0 Å². The summed E-state index contributed by atoms with van der Waals surface area (Å²) >= 11 is 0. The van der Waals surface area contributed by atoms with E-state index < -0.39 is 11.4 Å². The molecule has 0 saturated carbocycles. The third-order valence-electron chi connectivity index (χ3n) is 4.09. The van der Waals surface area contributed by atoms with E-state index in [9.17, 15) is 0 Å². The maximum Gasteiger partial charge on any atom is 0.163 e. The van der Waals surface area contributed by atoms with E-state index in [2.05, 4.69) is 25.1 Å². The molecule has 0 spiro atoms. The third kappa shape index (κ3) is 3.31. The minimum atomic E-state index is -0.548. The van der Waals surface area contributed by atoms with Gasteiger partial charge in [-0.2, -0.15) is 0 Å². The summed E-state index contributed by atoms with van der Waals surface area (Å²) in [4.78, 5) is 2.27. The van der Waals surface area contributed by atoms with Gasteiger partial charge in [-0.3, -0.25) is 0 Å². The fraction of sp³-hybridized carbons (Fsp3) is 0.750. The van der Waals surface area contributed by atoms with Crippen molar-refractivity contribution < 1.29 is 14.2 Å². The van der Waals surface area contributed by atoms with Crippen molar-refractivity contribution in [2.45, 2.75) is 56.9 Å². The van der Waals surface area contributed by atoms with E-state index >= 15 is 0 Å². The van der Waals surface area contributed by atoms with Crippen LogP contribution in [-0.4, -0.2) is 54.7 Å². The molecule has 3 atom stereocenters. The van der Waals surface area contributed by atoms with Crippen molar-refractivity contribution in [3.05, 3.63) is 25.3 Å². The lowest BCUT2D eigenvalue weighted by atomic mass is 10.0. The molecule has 2 aliphatic heterocycles. The van der Waals surface area contributed by atoms with Gasteiger partial charge in [0.1, 0.15) is 17.8 Å². The maximum absolute atomic E-state index is 6.25. The molecule has 4 heteroatoms. The fourth-order valence-electron chi connectivity index (χ4n) is 2.86. The van der Waals surface area contributed by atoms with Crippen molar-refractivity contribution in [1.82, 2.24) is 4.90 Å². The summed E-state index contributed by atoms with van der Waals surface area (Å²) in [6.07, 6.45) is 4.45. The second kappa shape index (κ2) is 5.60. The monoisotopic (exact) mass is 281 g/mol. The zero-order chi connectivity index (χ0) is 15.0. The van der Waals surface area contributed by atoms with E-state index in [1.54, 1.807) is 12.2 Å². The molecule has 0 aliphatic carbocycles. The summed E-state index contributed by atoms with van der Waals surface area (Å²) < 4.78 is 18.4. The molecule has 0 aromatic carbocycles. The lowest BCUT2D eigenvalue weighted by Crippen LogP contribution is -2.42. The molecule has 2 rings (SSSR count). The van der Waals surface area contributed by atoms with Crippen LogP contribution in [0.2, 0.25) is 0 Å². The number of ether oxygens (including phenoxy) is 3. The van der Waals surface area contributed by atoms with E-state index in [-0.39, 0.29) is 18.3 Å². The van der Waals surface area contributed by atoms with E-state index in [0.29, 0.717) is 0 Å². The van der Waals surface area contributed by atoms with Gasteiger partial charge in [-0.1, -0.05) is 25.3 Å². The minimum Gasteiger partial charge on any atom is -0.361 e. The summed E-state index contributed by atoms with van der Waals surface area (Å²) in [5.41, 5.74) is -0.534. The first kappa shape index (κ1) is 15.7. The quantitative estimate of drug-likeness (QED) is 0.740. The molecule has 114 valence electrons. The third-order valence-corrected chi connectivity index (χ3v) is 4.09. The standard InChI is InChI=1S/C16H27NO3/c1-7-16(5,8-2)19-12-9-10-17(6)11-13-14(12)20-15(3,4)18-13/h7-8,12-14H,1-2,9-11H2,3-6H3. The zero-order valence-corrected chi connectivity index (χ0v) is 13.1. The van der Waals surface area contributed by atoms with Crippen LogP contribution in [0, 0.1) is 0 Å². The smallest absolute Gasteiger partial charge is 0.163 e. The molecule has 3 unspecified atom stereocenters. The van der Waals surface area contributed by atoms with Gasteiger partial charge >= 0.3 is 0 Å². The van der Waals surface area contributed by atoms with Crippen LogP contribution in [0.4, 0.5) is 0 Å². The minimum absolute atomic E-state index is 0.0206. The molecule has 2 aliphatic rings. The van der Waals surface area contributed by atoms with Crippen LogP contribution in [0.15, 0.2) is 25.3 Å². The van der Waals surface area contributed by atoms with Gasteiger partial charge in [-0.25, -0.2) is 0 Å². The molecule has 0 amide bonds. The Balaban J connectivity index is 2.18. The highest BCUT2D eigenvalue weighted by Gasteiger charge is 2.48. The highest BCUT2D eigenvalue weighted by atomic mass is 16.8. The summed E-state index contributed by atoms with van der Waals surface area (Å²) in [6.45, 7) is 15.4. The van der Waals surface area contributed by atoms with Crippen LogP contribution >= 0.6 is 0 Å². The highest BCUT2D eigenvalue weighted by molar-refractivity contribution is 5.08. The SMILES string of the molecule is C=CC(C)(C=C)OC1CCN(C)CC2OC(C)(C)OC12. The van der Waals surface area contributed by atoms with Crippen LogP contribution in [-0.2, 0) is 14.2 Å². The van der Waals surface area contributed by atoms with Gasteiger partial charge in [-0.05, 0) is 34.2 Å². The molecule has 0 aromatic rings. The summed E-state index contributed by atoms with van der Waals surface area (Å²) in [5.74, 6) is -0.548. The summed E-state index contributed by atoms with van der Waals surface area (Å²) in [5, 5.41) is 0. The second-order valence-corrected chi connectivity index (χ2v) is 6.44. The predicted molar refractivity (Wildman–Crippen MR) is 79.6 cm³/mol. The Morgan fingerprint density at radius 3 is 2.55 bits per heavy atom. The zero-order valence-electron chi connectivity index (χ0n) is 13.1. The fourth-order valence-corrected chi connectivity index (χ4v) is 2.86. The number of likely N-dealkylation sites (tertiary alicyclic amines) is 1. The second-order valence-electron chi connectivity index (χ2n) is 6.44. The van der Waals surface area contributed by atoms with Crippen molar-refractivity contribution in [3.63, 3.8) is 0 Å². The van der Waals surface area contributed by atoms with Gasteiger partial charge in [0.2, 0.25) is 0 Å². The molecule has 4 nitrogen and oxygen atoms in total. The molecule has 0 aromatic heterocycles. The molecule has 2 fully saturated rings. The Kier molecular flexibility index (Phi) is 4.40. The van der Waals surface area contributed by atoms with Crippen molar-refractivity contribution in [1.29, 1.82) is 0 Å². The average Bonchev–Trinajstić information content (AvgIpc) is 2.62. The number of hydrogen-bond donors (Lipinski definition) is 0. The van der Waals surface area contributed by atoms with Gasteiger partial charge in [0.25, 0.3) is 0 Å². The molecule has 0 bridgehead atoms. The van der Waals surface area contributed by atoms with Crippen LogP contribution in [0.1, 0.15) is 27.2 Å².